The van der Waals surface area contributed by atoms with Crippen molar-refractivity contribution in [1.29, 1.82) is 5.26 Å². The van der Waals surface area contributed by atoms with E-state index >= 15 is 0 Å². The van der Waals surface area contributed by atoms with Crippen molar-refractivity contribution in [3.63, 3.8) is 0 Å². The first-order valence-corrected chi connectivity index (χ1v) is 7.10. The summed E-state index contributed by atoms with van der Waals surface area (Å²) in [7, 11) is -0.730. The fraction of sp³-hybridized carbons (Fsp3) is 0.545. The summed E-state index contributed by atoms with van der Waals surface area (Å²) in [5.74, 6) is -0.402. The Morgan fingerprint density at radius 2 is 2.53 bits per heavy atom. The number of hydrogen-bond acceptors (Lipinski definition) is 6. The summed E-state index contributed by atoms with van der Waals surface area (Å²) in [5, 5.41) is 11.2. The van der Waals surface area contributed by atoms with Crippen LogP contribution in [0.1, 0.15) is 12.8 Å². The van der Waals surface area contributed by atoms with Gasteiger partial charge in [-0.2, -0.15) is 5.26 Å². The number of thioether (sulfide) groups is 1. The lowest BCUT2D eigenvalue weighted by Crippen LogP contribution is -2.53. The van der Waals surface area contributed by atoms with E-state index in [-0.39, 0.29) is 41.8 Å². The maximum Gasteiger partial charge on any atom is 0.552 e. The molecule has 19 heavy (non-hydrogen) atoms. The molecule has 8 heteroatoms. The van der Waals surface area contributed by atoms with Crippen LogP contribution in [0.4, 0.5) is 0 Å². The second-order valence-corrected chi connectivity index (χ2v) is 5.21. The molecule has 0 aliphatic carbocycles. The highest BCUT2D eigenvalue weighted by Gasteiger charge is 2.41. The van der Waals surface area contributed by atoms with Gasteiger partial charge in [-0.05, 0) is 6.42 Å². The molecule has 2 atom stereocenters. The van der Waals surface area contributed by atoms with E-state index in [1.165, 1.54) is 11.8 Å². The minimum atomic E-state index is -0.730. The fourth-order valence-corrected chi connectivity index (χ4v) is 2.40. The van der Waals surface area contributed by atoms with Gasteiger partial charge in [0.2, 0.25) is 5.91 Å². The number of nitrogens with zero attached hydrogens (tertiary/aromatic N) is 1. The molecule has 100 valence electrons. The smallest absolute Gasteiger partial charge is 0.508 e. The highest BCUT2D eigenvalue weighted by atomic mass is 32.2. The molecule has 2 heterocycles. The van der Waals surface area contributed by atoms with Gasteiger partial charge < -0.3 is 14.6 Å². The maximum absolute atomic E-state index is 11.7. The second-order valence-electron chi connectivity index (χ2n) is 4.23. The summed E-state index contributed by atoms with van der Waals surface area (Å²) < 4.78 is 10.7. The first kappa shape index (κ1) is 14.0. The first-order valence-electron chi connectivity index (χ1n) is 5.94. The monoisotopic (exact) mass is 280 g/mol. The van der Waals surface area contributed by atoms with Crippen LogP contribution in [-0.2, 0) is 18.9 Å². The minimum Gasteiger partial charge on any atom is -0.508 e. The molecule has 0 saturated carbocycles. The lowest BCUT2D eigenvalue weighted by Gasteiger charge is -2.28. The SMILES string of the molecule is N#CCSCC(=O)N[C@H]1CC=C[C@@H]2CC(=O)OB1O2. The zero-order valence-electron chi connectivity index (χ0n) is 10.2. The van der Waals surface area contributed by atoms with Gasteiger partial charge in [0.15, 0.2) is 0 Å². The van der Waals surface area contributed by atoms with Crippen LogP contribution in [-0.4, -0.2) is 42.5 Å². The Bertz CT molecular complexity index is 437. The predicted octanol–water partition coefficient (Wildman–Crippen LogP) is 0.0474. The van der Waals surface area contributed by atoms with Gasteiger partial charge in [-0.25, -0.2) is 0 Å². The van der Waals surface area contributed by atoms with Crippen molar-refractivity contribution in [2.45, 2.75) is 24.9 Å². The number of fused-ring (bicyclic) bond motifs is 2. The highest BCUT2D eigenvalue weighted by Crippen LogP contribution is 2.20. The predicted molar refractivity (Wildman–Crippen MR) is 70.0 cm³/mol. The van der Waals surface area contributed by atoms with Crippen molar-refractivity contribution in [2.75, 3.05) is 11.5 Å². The molecular weight excluding hydrogens is 267 g/mol. The third kappa shape index (κ3) is 4.01. The zero-order valence-corrected chi connectivity index (χ0v) is 11.0. The van der Waals surface area contributed by atoms with E-state index in [2.05, 4.69) is 5.32 Å². The number of rotatable bonds is 4. The van der Waals surface area contributed by atoms with Crippen LogP contribution in [0.5, 0.6) is 0 Å². The molecule has 0 spiro atoms. The van der Waals surface area contributed by atoms with Gasteiger partial charge in [0, 0.05) is 0 Å². The van der Waals surface area contributed by atoms with Crippen LogP contribution in [0, 0.1) is 11.3 Å². The quantitative estimate of drug-likeness (QED) is 0.444. The lowest BCUT2D eigenvalue weighted by atomic mass is 9.75. The fourth-order valence-electron chi connectivity index (χ4n) is 1.93. The largest absolute Gasteiger partial charge is 0.552 e. The van der Waals surface area contributed by atoms with E-state index in [4.69, 9.17) is 14.6 Å². The van der Waals surface area contributed by atoms with E-state index < -0.39 is 7.12 Å². The van der Waals surface area contributed by atoms with Gasteiger partial charge >= 0.3 is 7.12 Å². The van der Waals surface area contributed by atoms with Gasteiger partial charge in [0.05, 0.1) is 36.0 Å². The molecule has 2 aliphatic rings. The van der Waals surface area contributed by atoms with Gasteiger partial charge in [-0.15, -0.1) is 11.8 Å². The molecule has 0 unspecified atom stereocenters. The van der Waals surface area contributed by atoms with E-state index in [9.17, 15) is 9.59 Å². The summed E-state index contributed by atoms with van der Waals surface area (Å²) in [6, 6.07) is 1.96. The van der Waals surface area contributed by atoms with Crippen LogP contribution in [0.15, 0.2) is 12.2 Å². The van der Waals surface area contributed by atoms with Crippen LogP contribution < -0.4 is 5.32 Å². The van der Waals surface area contributed by atoms with Gasteiger partial charge in [0.1, 0.15) is 0 Å². The van der Waals surface area contributed by atoms with E-state index in [1.807, 2.05) is 18.2 Å². The van der Waals surface area contributed by atoms with Crippen molar-refractivity contribution >= 4 is 30.8 Å². The molecule has 2 bridgehead atoms. The summed E-state index contributed by atoms with van der Waals surface area (Å²) in [4.78, 5) is 23.1. The van der Waals surface area contributed by atoms with Gasteiger partial charge in [-0.1, -0.05) is 12.2 Å². The Balaban J connectivity index is 1.89. The Labute approximate surface area is 115 Å². The van der Waals surface area contributed by atoms with Crippen molar-refractivity contribution in [3.05, 3.63) is 12.2 Å². The van der Waals surface area contributed by atoms with Crippen molar-refractivity contribution in [1.82, 2.24) is 5.32 Å². The topological polar surface area (TPSA) is 88.4 Å². The minimum absolute atomic E-state index is 0.192. The van der Waals surface area contributed by atoms with Crippen LogP contribution in [0.2, 0.25) is 0 Å². The number of nitrogens with one attached hydrogen (secondary N) is 1. The van der Waals surface area contributed by atoms with Crippen LogP contribution >= 0.6 is 11.8 Å². The molecule has 0 aromatic rings. The standard InChI is InChI=1S/C11H13BN2O4S/c13-4-5-19-7-10(15)14-9-3-1-2-8-6-11(16)18-12(9)17-8/h1-2,8-9H,3,5-7H2,(H,14,15)/t8-,9+/m1/s1. The Morgan fingerprint density at radius 3 is 3.32 bits per heavy atom. The molecule has 0 aromatic carbocycles. The number of amides is 1. The molecule has 0 aromatic heterocycles. The summed E-state index contributed by atoms with van der Waals surface area (Å²) in [6.07, 6.45) is 4.22. The summed E-state index contributed by atoms with van der Waals surface area (Å²) in [5.41, 5.74) is 0. The molecule has 1 saturated heterocycles. The van der Waals surface area contributed by atoms with E-state index in [0.29, 0.717) is 6.42 Å². The number of hydrogen-bond donors (Lipinski definition) is 1. The van der Waals surface area contributed by atoms with Gasteiger partial charge in [0.25, 0.3) is 5.97 Å². The molecule has 6 nitrogen and oxygen atoms in total. The number of carbonyl (C=O) groups is 2. The first-order chi connectivity index (χ1) is 9.19. The van der Waals surface area contributed by atoms with Crippen LogP contribution in [0.3, 0.4) is 0 Å². The third-order valence-electron chi connectivity index (χ3n) is 2.74. The summed E-state index contributed by atoms with van der Waals surface area (Å²) in [6.45, 7) is 0. The Morgan fingerprint density at radius 1 is 1.68 bits per heavy atom. The van der Waals surface area contributed by atoms with Crippen LogP contribution in [0.25, 0.3) is 0 Å². The van der Waals surface area contributed by atoms with Crippen molar-refractivity contribution in [2.24, 2.45) is 0 Å². The molecule has 2 aliphatic heterocycles. The van der Waals surface area contributed by atoms with E-state index in [0.717, 1.165) is 0 Å². The maximum atomic E-state index is 11.7. The molecular formula is C11H13BN2O4S. The van der Waals surface area contributed by atoms with Crippen molar-refractivity contribution < 1.29 is 18.9 Å². The lowest BCUT2D eigenvalue weighted by molar-refractivity contribution is -0.141. The average Bonchev–Trinajstić information content (AvgIpc) is 2.49. The molecule has 1 amide bonds. The highest BCUT2D eigenvalue weighted by molar-refractivity contribution is 8.00. The Hall–Kier alpha value is -1.46. The molecule has 0 radical (unpaired) electrons. The van der Waals surface area contributed by atoms with Gasteiger partial charge in [-0.3, -0.25) is 9.59 Å². The zero-order chi connectivity index (χ0) is 13.7. The van der Waals surface area contributed by atoms with Crippen molar-refractivity contribution in [3.8, 4) is 6.07 Å². The molecule has 1 N–H and O–H groups in total. The third-order valence-corrected chi connectivity index (χ3v) is 3.54. The number of carbonyl (C=O) groups excluding carboxylic acids is 2. The normalized spacial score (nSPS) is 25.2. The summed E-state index contributed by atoms with van der Waals surface area (Å²) >= 11 is 1.24. The second kappa shape index (κ2) is 6.64. The Kier molecular flexibility index (Phi) is 4.88. The molecule has 2 rings (SSSR count). The number of nitriles is 1. The van der Waals surface area contributed by atoms with E-state index in [1.54, 1.807) is 0 Å². The average molecular weight is 280 g/mol. The molecule has 1 fully saturated rings.